The van der Waals surface area contributed by atoms with Gasteiger partial charge in [0.2, 0.25) is 0 Å². The molecule has 0 aliphatic carbocycles. The van der Waals surface area contributed by atoms with Crippen LogP contribution in [0.25, 0.3) is 0 Å². The normalized spacial score (nSPS) is 11.1. The summed E-state index contributed by atoms with van der Waals surface area (Å²) in [7, 11) is 0. The maximum atomic E-state index is 5.42. The zero-order valence-electron chi connectivity index (χ0n) is 8.40. The van der Waals surface area contributed by atoms with E-state index in [2.05, 4.69) is 23.9 Å². The first-order valence-electron chi connectivity index (χ1n) is 4.84. The minimum Gasteiger partial charge on any atom is -0.330 e. The second-order valence-corrected chi connectivity index (χ2v) is 3.46. The Labute approximate surface area is 79.2 Å². The maximum Gasteiger partial charge on any atom is 0.138 e. The van der Waals surface area contributed by atoms with Crippen LogP contribution in [-0.4, -0.2) is 21.3 Å². The Kier molecular flexibility index (Phi) is 3.89. The van der Waals surface area contributed by atoms with E-state index in [4.69, 9.17) is 5.73 Å². The van der Waals surface area contributed by atoms with Crippen molar-refractivity contribution in [1.29, 1.82) is 0 Å². The summed E-state index contributed by atoms with van der Waals surface area (Å²) in [6, 6.07) is 0.398. The Hall–Kier alpha value is -0.900. The van der Waals surface area contributed by atoms with Gasteiger partial charge in [-0.25, -0.2) is 9.67 Å². The van der Waals surface area contributed by atoms with E-state index in [1.54, 1.807) is 6.33 Å². The standard InChI is InChI=1S/C9H18N4/c1-8(2)13-9(11-7-12-13)5-3-4-6-10/h7-8H,3-6,10H2,1-2H3. The van der Waals surface area contributed by atoms with Crippen molar-refractivity contribution in [2.45, 2.75) is 39.2 Å². The highest BCUT2D eigenvalue weighted by atomic mass is 15.3. The summed E-state index contributed by atoms with van der Waals surface area (Å²) in [6.07, 6.45) is 4.76. The van der Waals surface area contributed by atoms with E-state index >= 15 is 0 Å². The zero-order chi connectivity index (χ0) is 9.68. The molecule has 74 valence electrons. The average Bonchev–Trinajstić information content (AvgIpc) is 2.53. The van der Waals surface area contributed by atoms with E-state index < -0.39 is 0 Å². The van der Waals surface area contributed by atoms with Crippen LogP contribution in [0.3, 0.4) is 0 Å². The Balaban J connectivity index is 2.50. The molecule has 4 nitrogen and oxygen atoms in total. The van der Waals surface area contributed by atoms with E-state index in [-0.39, 0.29) is 0 Å². The van der Waals surface area contributed by atoms with Gasteiger partial charge in [0.1, 0.15) is 12.2 Å². The molecule has 0 aliphatic heterocycles. The molecule has 13 heavy (non-hydrogen) atoms. The van der Waals surface area contributed by atoms with Crippen LogP contribution in [0.2, 0.25) is 0 Å². The van der Waals surface area contributed by atoms with Gasteiger partial charge in [0.15, 0.2) is 0 Å². The Morgan fingerprint density at radius 2 is 2.23 bits per heavy atom. The first kappa shape index (κ1) is 10.2. The highest BCUT2D eigenvalue weighted by Gasteiger charge is 2.05. The number of unbranched alkanes of at least 4 members (excludes halogenated alkanes) is 1. The lowest BCUT2D eigenvalue weighted by Gasteiger charge is -2.08. The fourth-order valence-electron chi connectivity index (χ4n) is 1.31. The van der Waals surface area contributed by atoms with Crippen molar-refractivity contribution >= 4 is 0 Å². The summed E-state index contributed by atoms with van der Waals surface area (Å²) in [5.41, 5.74) is 5.42. The first-order valence-corrected chi connectivity index (χ1v) is 4.84. The van der Waals surface area contributed by atoms with E-state index in [1.807, 2.05) is 4.68 Å². The van der Waals surface area contributed by atoms with Gasteiger partial charge in [-0.1, -0.05) is 0 Å². The first-order chi connectivity index (χ1) is 6.25. The molecule has 1 rings (SSSR count). The fourth-order valence-corrected chi connectivity index (χ4v) is 1.31. The van der Waals surface area contributed by atoms with Crippen molar-refractivity contribution in [3.63, 3.8) is 0 Å². The summed E-state index contributed by atoms with van der Waals surface area (Å²) in [4.78, 5) is 4.22. The predicted molar refractivity (Wildman–Crippen MR) is 52.4 cm³/mol. The minimum absolute atomic E-state index is 0.398. The summed E-state index contributed by atoms with van der Waals surface area (Å²) >= 11 is 0. The largest absolute Gasteiger partial charge is 0.330 e. The summed E-state index contributed by atoms with van der Waals surface area (Å²) < 4.78 is 1.97. The minimum atomic E-state index is 0.398. The molecule has 0 saturated heterocycles. The number of rotatable bonds is 5. The third-order valence-corrected chi connectivity index (χ3v) is 1.99. The lowest BCUT2D eigenvalue weighted by Crippen LogP contribution is -2.09. The van der Waals surface area contributed by atoms with Crippen molar-refractivity contribution < 1.29 is 0 Å². The summed E-state index contributed by atoms with van der Waals surface area (Å²) in [5.74, 6) is 1.07. The lowest BCUT2D eigenvalue weighted by molar-refractivity contribution is 0.499. The molecule has 0 aliphatic rings. The molecule has 0 amide bonds. The van der Waals surface area contributed by atoms with Gasteiger partial charge >= 0.3 is 0 Å². The molecule has 0 atom stereocenters. The number of hydrogen-bond donors (Lipinski definition) is 1. The molecule has 4 heteroatoms. The van der Waals surface area contributed by atoms with Gasteiger partial charge in [-0.15, -0.1) is 0 Å². The highest BCUT2D eigenvalue weighted by molar-refractivity contribution is 4.86. The molecule has 1 aromatic heterocycles. The summed E-state index contributed by atoms with van der Waals surface area (Å²) in [6.45, 7) is 4.98. The molecule has 0 fully saturated rings. The molecule has 1 aromatic rings. The molecule has 0 saturated carbocycles. The van der Waals surface area contributed by atoms with Crippen LogP contribution in [0, 0.1) is 0 Å². The third kappa shape index (κ3) is 2.81. The van der Waals surface area contributed by atoms with Gasteiger partial charge in [-0.2, -0.15) is 5.10 Å². The third-order valence-electron chi connectivity index (χ3n) is 1.99. The molecule has 0 spiro atoms. The van der Waals surface area contributed by atoms with Crippen LogP contribution in [0.1, 0.15) is 38.6 Å². The van der Waals surface area contributed by atoms with Crippen LogP contribution < -0.4 is 5.73 Å². The van der Waals surface area contributed by atoms with Crippen LogP contribution >= 0.6 is 0 Å². The Bertz CT molecular complexity index is 242. The molecule has 0 radical (unpaired) electrons. The van der Waals surface area contributed by atoms with Crippen LogP contribution in [0.4, 0.5) is 0 Å². The number of aryl methyl sites for hydroxylation is 1. The number of nitrogens with zero attached hydrogens (tertiary/aromatic N) is 3. The summed E-state index contributed by atoms with van der Waals surface area (Å²) in [5, 5.41) is 4.17. The van der Waals surface area contributed by atoms with Crippen LogP contribution in [-0.2, 0) is 6.42 Å². The molecule has 0 unspecified atom stereocenters. The van der Waals surface area contributed by atoms with Crippen molar-refractivity contribution in [3.8, 4) is 0 Å². The number of aromatic nitrogens is 3. The van der Waals surface area contributed by atoms with E-state index in [9.17, 15) is 0 Å². The van der Waals surface area contributed by atoms with Crippen molar-refractivity contribution in [2.75, 3.05) is 6.54 Å². The van der Waals surface area contributed by atoms with Gasteiger partial charge in [-0.3, -0.25) is 0 Å². The monoisotopic (exact) mass is 182 g/mol. The second-order valence-electron chi connectivity index (χ2n) is 3.46. The molecular formula is C9H18N4. The number of nitrogens with two attached hydrogens (primary N) is 1. The molecule has 1 heterocycles. The highest BCUT2D eigenvalue weighted by Crippen LogP contribution is 2.07. The molecule has 0 aromatic carbocycles. The van der Waals surface area contributed by atoms with E-state index in [0.717, 1.165) is 31.6 Å². The van der Waals surface area contributed by atoms with Crippen LogP contribution in [0.5, 0.6) is 0 Å². The number of hydrogen-bond acceptors (Lipinski definition) is 3. The zero-order valence-corrected chi connectivity index (χ0v) is 8.40. The van der Waals surface area contributed by atoms with Crippen molar-refractivity contribution in [1.82, 2.24) is 14.8 Å². The van der Waals surface area contributed by atoms with Crippen LogP contribution in [0.15, 0.2) is 6.33 Å². The maximum absolute atomic E-state index is 5.42. The van der Waals surface area contributed by atoms with E-state index in [1.165, 1.54) is 0 Å². The predicted octanol–water partition coefficient (Wildman–Crippen LogP) is 1.14. The van der Waals surface area contributed by atoms with Gasteiger partial charge in [0.05, 0.1) is 0 Å². The smallest absolute Gasteiger partial charge is 0.138 e. The van der Waals surface area contributed by atoms with Crippen molar-refractivity contribution in [3.05, 3.63) is 12.2 Å². The lowest BCUT2D eigenvalue weighted by atomic mass is 10.2. The average molecular weight is 182 g/mol. The SMILES string of the molecule is CC(C)n1ncnc1CCCCN. The quantitative estimate of drug-likeness (QED) is 0.695. The fraction of sp³-hybridized carbons (Fsp3) is 0.778. The van der Waals surface area contributed by atoms with Gasteiger partial charge in [0.25, 0.3) is 0 Å². The molecule has 0 bridgehead atoms. The Morgan fingerprint density at radius 3 is 2.85 bits per heavy atom. The topological polar surface area (TPSA) is 56.7 Å². The molecular weight excluding hydrogens is 164 g/mol. The van der Waals surface area contributed by atoms with Gasteiger partial charge < -0.3 is 5.73 Å². The Morgan fingerprint density at radius 1 is 1.46 bits per heavy atom. The second kappa shape index (κ2) is 4.97. The van der Waals surface area contributed by atoms with Gasteiger partial charge in [-0.05, 0) is 33.2 Å². The molecule has 2 N–H and O–H groups in total. The van der Waals surface area contributed by atoms with E-state index in [0.29, 0.717) is 6.04 Å². The van der Waals surface area contributed by atoms with Crippen molar-refractivity contribution in [2.24, 2.45) is 5.73 Å². The van der Waals surface area contributed by atoms with Gasteiger partial charge in [0, 0.05) is 12.5 Å².